The Morgan fingerprint density at radius 3 is 2.48 bits per heavy atom. The summed E-state index contributed by atoms with van der Waals surface area (Å²) in [7, 11) is 0. The molecule has 1 N–H and O–H groups in total. The minimum absolute atomic E-state index is 0.233. The average molecular weight is 345 g/mol. The lowest BCUT2D eigenvalue weighted by Crippen LogP contribution is -2.19. The number of nitrogens with one attached hydrogen (secondary N) is 1. The molecule has 0 spiro atoms. The number of allylic oxidation sites excluding steroid dienone is 1. The highest BCUT2D eigenvalue weighted by molar-refractivity contribution is 8.18. The predicted molar refractivity (Wildman–Crippen MR) is 103 cm³/mol. The summed E-state index contributed by atoms with van der Waals surface area (Å²) >= 11 is 1.17. The zero-order valence-electron chi connectivity index (χ0n) is 13.6. The summed E-state index contributed by atoms with van der Waals surface area (Å²) in [5.41, 5.74) is 4.40. The highest BCUT2D eigenvalue weighted by Crippen LogP contribution is 2.26. The summed E-state index contributed by atoms with van der Waals surface area (Å²) in [5, 5.41) is 11.4. The molecule has 0 atom stereocenters. The lowest BCUT2D eigenvalue weighted by Gasteiger charge is -2.02. The number of hydrogen-bond acceptors (Lipinski definition) is 4. The van der Waals surface area contributed by atoms with Gasteiger partial charge in [0.25, 0.3) is 5.91 Å². The molecular formula is C20H15N3OS. The Bertz CT molecular complexity index is 920. The third-order valence-electron chi connectivity index (χ3n) is 3.65. The van der Waals surface area contributed by atoms with Crippen molar-refractivity contribution in [2.75, 3.05) is 0 Å². The smallest absolute Gasteiger partial charge is 0.264 e. The van der Waals surface area contributed by atoms with Crippen molar-refractivity contribution in [3.8, 4) is 6.19 Å². The largest absolute Gasteiger partial charge is 0.300 e. The van der Waals surface area contributed by atoms with Crippen LogP contribution in [0, 0.1) is 11.5 Å². The van der Waals surface area contributed by atoms with Gasteiger partial charge in [-0.05, 0) is 47.0 Å². The summed E-state index contributed by atoms with van der Waals surface area (Å²) in [6.45, 7) is 2.08. The molecular weight excluding hydrogens is 330 g/mol. The van der Waals surface area contributed by atoms with E-state index >= 15 is 0 Å². The highest BCUT2D eigenvalue weighted by Gasteiger charge is 2.23. The third-order valence-corrected chi connectivity index (χ3v) is 4.56. The normalized spacial score (nSPS) is 17.6. The SMILES string of the molecule is CC(=Cc1ccc(C=C2SC(=NC#N)NC2=O)cc1)c1ccccc1. The van der Waals surface area contributed by atoms with Crippen molar-refractivity contribution in [2.24, 2.45) is 4.99 Å². The number of amides is 1. The van der Waals surface area contributed by atoms with Crippen LogP contribution in [0.2, 0.25) is 0 Å². The van der Waals surface area contributed by atoms with Gasteiger partial charge in [-0.15, -0.1) is 4.99 Å². The number of nitriles is 1. The second-order valence-electron chi connectivity index (χ2n) is 5.44. The summed E-state index contributed by atoms with van der Waals surface area (Å²) < 4.78 is 0. The van der Waals surface area contributed by atoms with Gasteiger partial charge in [0, 0.05) is 0 Å². The molecule has 0 aromatic heterocycles. The van der Waals surface area contributed by atoms with Crippen LogP contribution in [0.25, 0.3) is 17.7 Å². The van der Waals surface area contributed by atoms with E-state index in [1.807, 2.05) is 42.5 Å². The number of hydrogen-bond donors (Lipinski definition) is 1. The molecule has 0 bridgehead atoms. The van der Waals surface area contributed by atoms with Gasteiger partial charge >= 0.3 is 0 Å². The van der Waals surface area contributed by atoms with Gasteiger partial charge in [0.2, 0.25) is 6.19 Å². The van der Waals surface area contributed by atoms with Gasteiger partial charge in [0.15, 0.2) is 5.17 Å². The number of thioether (sulfide) groups is 1. The lowest BCUT2D eigenvalue weighted by atomic mass is 10.0. The zero-order valence-corrected chi connectivity index (χ0v) is 14.4. The second-order valence-corrected chi connectivity index (χ2v) is 6.47. The molecule has 122 valence electrons. The van der Waals surface area contributed by atoms with Crippen LogP contribution >= 0.6 is 11.8 Å². The van der Waals surface area contributed by atoms with Gasteiger partial charge in [0.1, 0.15) is 0 Å². The van der Waals surface area contributed by atoms with Crippen molar-refractivity contribution in [1.82, 2.24) is 5.32 Å². The summed E-state index contributed by atoms with van der Waals surface area (Å²) in [6.07, 6.45) is 5.59. The van der Waals surface area contributed by atoms with Crippen molar-refractivity contribution in [2.45, 2.75) is 6.92 Å². The highest BCUT2D eigenvalue weighted by atomic mass is 32.2. The maximum atomic E-state index is 11.8. The van der Waals surface area contributed by atoms with Crippen LogP contribution in [0.15, 0.2) is 64.5 Å². The monoisotopic (exact) mass is 345 g/mol. The molecule has 1 aliphatic rings. The first-order chi connectivity index (χ1) is 12.2. The molecule has 1 heterocycles. The Morgan fingerprint density at radius 1 is 1.12 bits per heavy atom. The lowest BCUT2D eigenvalue weighted by molar-refractivity contribution is -0.115. The third kappa shape index (κ3) is 4.25. The molecule has 1 aliphatic heterocycles. The quantitative estimate of drug-likeness (QED) is 0.513. The van der Waals surface area contributed by atoms with Crippen molar-refractivity contribution < 1.29 is 4.79 Å². The molecule has 0 radical (unpaired) electrons. The standard InChI is InChI=1S/C20H15N3OS/c1-14(17-5-3-2-4-6-17)11-15-7-9-16(10-8-15)12-18-19(24)23-20(25-18)22-13-21/h2-12H,1H3,(H,22,23,24). The molecule has 25 heavy (non-hydrogen) atoms. The van der Waals surface area contributed by atoms with Gasteiger partial charge in [-0.2, -0.15) is 5.26 Å². The molecule has 0 unspecified atom stereocenters. The Kier molecular flexibility index (Phi) is 5.12. The second kappa shape index (κ2) is 7.65. The van der Waals surface area contributed by atoms with E-state index in [2.05, 4.69) is 35.4 Å². The fourth-order valence-corrected chi connectivity index (χ4v) is 3.18. The molecule has 0 aliphatic carbocycles. The minimum Gasteiger partial charge on any atom is -0.300 e. The van der Waals surface area contributed by atoms with E-state index in [-0.39, 0.29) is 5.91 Å². The summed E-state index contributed by atoms with van der Waals surface area (Å²) in [5.74, 6) is -0.233. The Morgan fingerprint density at radius 2 is 1.80 bits per heavy atom. The minimum atomic E-state index is -0.233. The number of carbonyl (C=O) groups excluding carboxylic acids is 1. The van der Waals surface area contributed by atoms with Crippen molar-refractivity contribution in [1.29, 1.82) is 5.26 Å². The van der Waals surface area contributed by atoms with E-state index in [0.717, 1.165) is 11.1 Å². The van der Waals surface area contributed by atoms with Gasteiger partial charge in [0.05, 0.1) is 4.91 Å². The molecule has 4 nitrogen and oxygen atoms in total. The van der Waals surface area contributed by atoms with Crippen molar-refractivity contribution in [3.05, 3.63) is 76.2 Å². The van der Waals surface area contributed by atoms with Gasteiger partial charge in [-0.25, -0.2) is 0 Å². The van der Waals surface area contributed by atoms with Crippen LogP contribution in [0.4, 0.5) is 0 Å². The van der Waals surface area contributed by atoms with Crippen molar-refractivity contribution >= 4 is 40.6 Å². The number of nitrogens with zero attached hydrogens (tertiary/aromatic N) is 2. The first kappa shape index (κ1) is 16.7. The summed E-state index contributed by atoms with van der Waals surface area (Å²) in [6, 6.07) is 18.2. The first-order valence-electron chi connectivity index (χ1n) is 7.67. The molecule has 1 fully saturated rings. The molecule has 2 aromatic rings. The number of rotatable bonds is 3. The topological polar surface area (TPSA) is 65.2 Å². The van der Waals surface area contributed by atoms with Crippen LogP contribution in [0.5, 0.6) is 0 Å². The molecule has 2 aromatic carbocycles. The number of aliphatic imine (C=N–C) groups is 1. The Balaban J connectivity index is 1.77. The fourth-order valence-electron chi connectivity index (χ4n) is 2.40. The maximum Gasteiger partial charge on any atom is 0.264 e. The molecule has 1 amide bonds. The van der Waals surface area contributed by atoms with Crippen LogP contribution in [-0.2, 0) is 4.79 Å². The molecule has 1 saturated heterocycles. The number of carbonyl (C=O) groups is 1. The van der Waals surface area contributed by atoms with E-state index in [1.54, 1.807) is 12.3 Å². The molecule has 3 rings (SSSR count). The van der Waals surface area contributed by atoms with E-state index in [9.17, 15) is 4.79 Å². The van der Waals surface area contributed by atoms with Gasteiger partial charge in [-0.3, -0.25) is 10.1 Å². The Hall–Kier alpha value is -3.10. The van der Waals surface area contributed by atoms with Crippen LogP contribution in [-0.4, -0.2) is 11.1 Å². The van der Waals surface area contributed by atoms with Crippen LogP contribution in [0.1, 0.15) is 23.6 Å². The maximum absolute atomic E-state index is 11.8. The van der Waals surface area contributed by atoms with E-state index in [4.69, 9.17) is 5.26 Å². The molecule has 5 heteroatoms. The zero-order chi connectivity index (χ0) is 17.6. The van der Waals surface area contributed by atoms with Gasteiger partial charge in [-0.1, -0.05) is 60.7 Å². The van der Waals surface area contributed by atoms with E-state index in [1.165, 1.54) is 22.9 Å². The van der Waals surface area contributed by atoms with E-state index < -0.39 is 0 Å². The average Bonchev–Trinajstić information content (AvgIpc) is 2.97. The van der Waals surface area contributed by atoms with E-state index in [0.29, 0.717) is 10.1 Å². The van der Waals surface area contributed by atoms with Crippen LogP contribution < -0.4 is 5.32 Å². The molecule has 0 saturated carbocycles. The number of benzene rings is 2. The fraction of sp³-hybridized carbons (Fsp3) is 0.0500. The summed E-state index contributed by atoms with van der Waals surface area (Å²) in [4.78, 5) is 15.9. The Labute approximate surface area is 150 Å². The van der Waals surface area contributed by atoms with Gasteiger partial charge < -0.3 is 0 Å². The first-order valence-corrected chi connectivity index (χ1v) is 8.49. The van der Waals surface area contributed by atoms with Crippen LogP contribution in [0.3, 0.4) is 0 Å². The van der Waals surface area contributed by atoms with Crippen molar-refractivity contribution in [3.63, 3.8) is 0 Å². The number of amidine groups is 1. The predicted octanol–water partition coefficient (Wildman–Crippen LogP) is 4.29.